The van der Waals surface area contributed by atoms with Gasteiger partial charge in [-0.25, -0.2) is 8.42 Å². The van der Waals surface area contributed by atoms with Crippen LogP contribution in [-0.2, 0) is 24.3 Å². The molecule has 0 saturated carbocycles. The molecule has 1 aromatic carbocycles. The molecule has 1 aromatic rings. The second kappa shape index (κ2) is 11.1. The number of carbonyl (C=O) groups is 2. The summed E-state index contributed by atoms with van der Waals surface area (Å²) in [5.41, 5.74) is 0.394. The van der Waals surface area contributed by atoms with Crippen molar-refractivity contribution in [3.8, 4) is 5.75 Å². The van der Waals surface area contributed by atoms with Crippen LogP contribution >= 0.6 is 0 Å². The number of likely N-dealkylation sites (tertiary alicyclic amines) is 1. The summed E-state index contributed by atoms with van der Waals surface area (Å²) in [6.45, 7) is 4.41. The minimum absolute atomic E-state index is 0.0556. The summed E-state index contributed by atoms with van der Waals surface area (Å²) in [5.74, 6) is -0.457. The number of nitrogens with one attached hydrogen (secondary N) is 1. The number of nitrogens with zero attached hydrogens (tertiary/aromatic N) is 2. The van der Waals surface area contributed by atoms with E-state index in [0.717, 1.165) is 38.6 Å². The summed E-state index contributed by atoms with van der Waals surface area (Å²) in [5, 5.41) is 2.79. The lowest BCUT2D eigenvalue weighted by Gasteiger charge is -2.30. The highest BCUT2D eigenvalue weighted by molar-refractivity contribution is 7.89. The molecule has 32 heavy (non-hydrogen) atoms. The van der Waals surface area contributed by atoms with Crippen LogP contribution in [0, 0.1) is 5.92 Å². The van der Waals surface area contributed by atoms with Crippen molar-refractivity contribution in [1.82, 2.24) is 9.21 Å². The van der Waals surface area contributed by atoms with Gasteiger partial charge >= 0.3 is 5.97 Å². The summed E-state index contributed by atoms with van der Waals surface area (Å²) in [6, 6.07) is 4.64. The van der Waals surface area contributed by atoms with Gasteiger partial charge in [-0.2, -0.15) is 4.31 Å². The Hall–Kier alpha value is -2.17. The first-order valence-electron chi connectivity index (χ1n) is 11.2. The normalized spacial score (nSPS) is 20.5. The Morgan fingerprint density at radius 1 is 1.12 bits per heavy atom. The van der Waals surface area contributed by atoms with Gasteiger partial charge in [-0.3, -0.25) is 14.5 Å². The third-order valence-electron chi connectivity index (χ3n) is 5.87. The number of sulfonamides is 1. The predicted octanol–water partition coefficient (Wildman–Crippen LogP) is 2.08. The molecule has 2 fully saturated rings. The van der Waals surface area contributed by atoms with Crippen LogP contribution in [0.5, 0.6) is 5.75 Å². The molecule has 0 spiro atoms. The first-order chi connectivity index (χ1) is 15.3. The van der Waals surface area contributed by atoms with Gasteiger partial charge in [0.25, 0.3) is 0 Å². The van der Waals surface area contributed by atoms with E-state index in [1.807, 2.05) is 4.90 Å². The molecule has 0 radical (unpaired) electrons. The Balaban J connectivity index is 1.67. The van der Waals surface area contributed by atoms with Gasteiger partial charge in [0.1, 0.15) is 10.6 Å². The first-order valence-corrected chi connectivity index (χ1v) is 12.7. The largest absolute Gasteiger partial charge is 0.495 e. The summed E-state index contributed by atoms with van der Waals surface area (Å²) < 4.78 is 38.2. The second-order valence-corrected chi connectivity index (χ2v) is 10.1. The average Bonchev–Trinajstić information content (AvgIpc) is 2.80. The molecule has 2 aliphatic rings. The fourth-order valence-corrected chi connectivity index (χ4v) is 5.95. The van der Waals surface area contributed by atoms with Crippen LogP contribution in [0.3, 0.4) is 0 Å². The van der Waals surface area contributed by atoms with Crippen molar-refractivity contribution in [1.29, 1.82) is 0 Å². The maximum absolute atomic E-state index is 13.2. The molecular weight excluding hydrogens is 434 g/mol. The fraction of sp³-hybridized carbons (Fsp3) is 0.636. The molecule has 2 saturated heterocycles. The highest BCUT2D eigenvalue weighted by atomic mass is 32.2. The smallest absolute Gasteiger partial charge is 0.310 e. The van der Waals surface area contributed by atoms with Gasteiger partial charge in [0, 0.05) is 25.3 Å². The molecular formula is C22H33N3O6S. The van der Waals surface area contributed by atoms with E-state index in [-0.39, 0.29) is 35.0 Å². The molecule has 2 aliphatic heterocycles. The summed E-state index contributed by atoms with van der Waals surface area (Å²) >= 11 is 0. The van der Waals surface area contributed by atoms with Crippen molar-refractivity contribution >= 4 is 27.6 Å². The Kier molecular flexibility index (Phi) is 8.50. The van der Waals surface area contributed by atoms with Crippen LogP contribution in [0.25, 0.3) is 0 Å². The van der Waals surface area contributed by atoms with Gasteiger partial charge in [-0.1, -0.05) is 6.42 Å². The van der Waals surface area contributed by atoms with Crippen LogP contribution in [-0.4, -0.2) is 75.9 Å². The van der Waals surface area contributed by atoms with E-state index in [9.17, 15) is 18.0 Å². The molecule has 1 unspecified atom stereocenters. The van der Waals surface area contributed by atoms with Crippen molar-refractivity contribution in [2.75, 3.05) is 51.8 Å². The second-order valence-electron chi connectivity index (χ2n) is 8.20. The number of methoxy groups -OCH3 is 1. The molecule has 0 aliphatic carbocycles. The highest BCUT2D eigenvalue weighted by Gasteiger charge is 2.30. The molecule has 0 aromatic heterocycles. The van der Waals surface area contributed by atoms with Crippen LogP contribution in [0.2, 0.25) is 0 Å². The van der Waals surface area contributed by atoms with Crippen LogP contribution in [0.15, 0.2) is 23.1 Å². The molecule has 178 valence electrons. The standard InChI is InChI=1S/C22H33N3O6S/c1-3-31-22(27)17-8-7-11-24(15-17)16-21(26)23-18-9-10-19(30-2)20(14-18)32(28,29)25-12-5-4-6-13-25/h9-10,14,17H,3-8,11-13,15-16H2,1-2H3,(H,23,26). The summed E-state index contributed by atoms with van der Waals surface area (Å²) in [7, 11) is -2.29. The number of carbonyl (C=O) groups excluding carboxylic acids is 2. The van der Waals surface area contributed by atoms with Crippen molar-refractivity contribution in [3.05, 3.63) is 18.2 Å². The minimum atomic E-state index is -3.72. The third-order valence-corrected chi connectivity index (χ3v) is 7.79. The number of ether oxygens (including phenoxy) is 2. The predicted molar refractivity (Wildman–Crippen MR) is 120 cm³/mol. The Labute approximate surface area is 190 Å². The number of rotatable bonds is 8. The number of esters is 1. The molecule has 2 heterocycles. The lowest BCUT2D eigenvalue weighted by atomic mass is 9.98. The first kappa shape index (κ1) is 24.5. The molecule has 1 atom stereocenters. The minimum Gasteiger partial charge on any atom is -0.495 e. The molecule has 9 nitrogen and oxygen atoms in total. The van der Waals surface area contributed by atoms with Gasteiger partial charge in [0.15, 0.2) is 0 Å². The zero-order valence-corrected chi connectivity index (χ0v) is 19.7. The number of piperidine rings is 2. The maximum atomic E-state index is 13.2. The Morgan fingerprint density at radius 2 is 1.88 bits per heavy atom. The molecule has 0 bridgehead atoms. The topological polar surface area (TPSA) is 105 Å². The Morgan fingerprint density at radius 3 is 2.56 bits per heavy atom. The van der Waals surface area contributed by atoms with Crippen molar-refractivity contribution in [2.24, 2.45) is 5.92 Å². The van der Waals surface area contributed by atoms with Crippen molar-refractivity contribution in [3.63, 3.8) is 0 Å². The molecule has 1 amide bonds. The van der Waals surface area contributed by atoms with Crippen LogP contribution < -0.4 is 10.1 Å². The third kappa shape index (κ3) is 5.99. The van der Waals surface area contributed by atoms with E-state index in [2.05, 4.69) is 5.32 Å². The van der Waals surface area contributed by atoms with Gasteiger partial charge in [0.2, 0.25) is 15.9 Å². The van der Waals surface area contributed by atoms with Gasteiger partial charge in [-0.05, 0) is 57.4 Å². The highest BCUT2D eigenvalue weighted by Crippen LogP contribution is 2.31. The quantitative estimate of drug-likeness (QED) is 0.584. The Bertz CT molecular complexity index is 914. The molecule has 10 heteroatoms. The lowest BCUT2D eigenvalue weighted by molar-refractivity contribution is -0.150. The summed E-state index contributed by atoms with van der Waals surface area (Å²) in [6.07, 6.45) is 4.26. The monoisotopic (exact) mass is 467 g/mol. The van der Waals surface area contributed by atoms with Crippen LogP contribution in [0.1, 0.15) is 39.0 Å². The number of hydrogen-bond acceptors (Lipinski definition) is 7. The van der Waals surface area contributed by atoms with E-state index >= 15 is 0 Å². The SMILES string of the molecule is CCOC(=O)C1CCCN(CC(=O)Nc2ccc(OC)c(S(=O)(=O)N3CCCCC3)c2)C1. The van der Waals surface area contributed by atoms with E-state index < -0.39 is 10.0 Å². The molecule has 3 rings (SSSR count). The van der Waals surface area contributed by atoms with E-state index in [4.69, 9.17) is 9.47 Å². The zero-order chi connectivity index (χ0) is 23.1. The zero-order valence-electron chi connectivity index (χ0n) is 18.8. The van der Waals surface area contributed by atoms with Crippen molar-refractivity contribution < 1.29 is 27.5 Å². The van der Waals surface area contributed by atoms with Crippen molar-refractivity contribution in [2.45, 2.75) is 43.9 Å². The fourth-order valence-electron chi connectivity index (χ4n) is 4.26. The average molecular weight is 468 g/mol. The maximum Gasteiger partial charge on any atom is 0.310 e. The van der Waals surface area contributed by atoms with E-state index in [1.165, 1.54) is 17.5 Å². The number of benzene rings is 1. The van der Waals surface area contributed by atoms with Gasteiger partial charge in [-0.15, -0.1) is 0 Å². The summed E-state index contributed by atoms with van der Waals surface area (Å²) in [4.78, 5) is 26.6. The number of hydrogen-bond donors (Lipinski definition) is 1. The number of anilines is 1. The number of amides is 1. The van der Waals surface area contributed by atoms with Gasteiger partial charge < -0.3 is 14.8 Å². The van der Waals surface area contributed by atoms with Crippen LogP contribution in [0.4, 0.5) is 5.69 Å². The van der Waals surface area contributed by atoms with E-state index in [0.29, 0.717) is 31.9 Å². The molecule has 1 N–H and O–H groups in total. The lowest BCUT2D eigenvalue weighted by Crippen LogP contribution is -2.43. The van der Waals surface area contributed by atoms with Gasteiger partial charge in [0.05, 0.1) is 26.2 Å². The van der Waals surface area contributed by atoms with E-state index in [1.54, 1.807) is 19.1 Å².